The molecule has 1 aromatic carbocycles. The van der Waals surface area contributed by atoms with Crippen molar-refractivity contribution in [3.63, 3.8) is 0 Å². The van der Waals surface area contributed by atoms with Crippen LogP contribution in [-0.4, -0.2) is 5.17 Å². The highest BCUT2D eigenvalue weighted by molar-refractivity contribution is 8.03. The molecule has 0 spiro atoms. The van der Waals surface area contributed by atoms with Crippen molar-refractivity contribution in [1.82, 2.24) is 0 Å². The molecule has 3 rings (SSSR count). The lowest BCUT2D eigenvalue weighted by atomic mass is 10.1. The van der Waals surface area contributed by atoms with Crippen LogP contribution in [0.1, 0.15) is 12.8 Å². The fraction of sp³-hybridized carbons (Fsp3) is 0.154. The summed E-state index contributed by atoms with van der Waals surface area (Å²) in [6.45, 7) is 0. The van der Waals surface area contributed by atoms with Crippen LogP contribution >= 0.6 is 23.4 Å². The second kappa shape index (κ2) is 4.31. The van der Waals surface area contributed by atoms with E-state index in [4.69, 9.17) is 11.6 Å². The van der Waals surface area contributed by atoms with Crippen LogP contribution < -0.4 is 0 Å². The van der Waals surface area contributed by atoms with Gasteiger partial charge in [0, 0.05) is 21.8 Å². The second-order valence-corrected chi connectivity index (χ2v) is 5.40. The van der Waals surface area contributed by atoms with Crippen molar-refractivity contribution in [3.05, 3.63) is 46.6 Å². The highest BCUT2D eigenvalue weighted by Crippen LogP contribution is 2.44. The number of nitrogens with zero attached hydrogens (tertiary/aromatic N) is 1. The van der Waals surface area contributed by atoms with E-state index >= 15 is 0 Å². The Balaban J connectivity index is 2.15. The zero-order valence-electron chi connectivity index (χ0n) is 8.91. The van der Waals surface area contributed by atoms with E-state index in [1.807, 2.05) is 24.3 Å². The summed E-state index contributed by atoms with van der Waals surface area (Å²) in [4.78, 5) is 6.53. The first kappa shape index (κ1) is 11.1. The molecule has 4 heteroatoms. The molecule has 0 amide bonds. The van der Waals surface area contributed by atoms with Gasteiger partial charge in [0.1, 0.15) is 11.0 Å². The molecule has 1 aromatic rings. The first-order valence-corrected chi connectivity index (χ1v) is 6.54. The summed E-state index contributed by atoms with van der Waals surface area (Å²) in [5.74, 6) is -0.122. The van der Waals surface area contributed by atoms with Crippen LogP contribution in [0, 0.1) is 0 Å². The minimum absolute atomic E-state index is 0.122. The minimum Gasteiger partial charge on any atom is -0.235 e. The summed E-state index contributed by atoms with van der Waals surface area (Å²) in [7, 11) is 0. The Morgan fingerprint density at radius 3 is 2.94 bits per heavy atom. The van der Waals surface area contributed by atoms with E-state index in [1.54, 1.807) is 11.8 Å². The molecule has 0 atom stereocenters. The number of benzene rings is 1. The largest absolute Gasteiger partial charge is 0.235 e. The van der Waals surface area contributed by atoms with Crippen LogP contribution in [-0.2, 0) is 0 Å². The Morgan fingerprint density at radius 1 is 1.24 bits per heavy atom. The number of para-hydroxylation sites is 1. The van der Waals surface area contributed by atoms with E-state index in [0.717, 1.165) is 21.1 Å². The lowest BCUT2D eigenvalue weighted by Gasteiger charge is -2.13. The van der Waals surface area contributed by atoms with Crippen LogP contribution in [0.5, 0.6) is 0 Å². The van der Waals surface area contributed by atoms with Crippen LogP contribution in [0.15, 0.2) is 56.5 Å². The second-order valence-electron chi connectivity index (χ2n) is 3.90. The van der Waals surface area contributed by atoms with Crippen LogP contribution in [0.25, 0.3) is 0 Å². The predicted octanol–water partition coefficient (Wildman–Crippen LogP) is 4.96. The Hall–Kier alpha value is -1.06. The van der Waals surface area contributed by atoms with Crippen molar-refractivity contribution in [2.45, 2.75) is 17.7 Å². The fourth-order valence-corrected chi connectivity index (χ4v) is 3.31. The molecule has 1 heterocycles. The summed E-state index contributed by atoms with van der Waals surface area (Å²) in [6, 6.07) is 7.83. The number of aliphatic imine (C=N–C) groups is 1. The van der Waals surface area contributed by atoms with Gasteiger partial charge in [0.15, 0.2) is 0 Å². The summed E-state index contributed by atoms with van der Waals surface area (Å²) in [6.07, 6.45) is 2.66. The summed E-state index contributed by atoms with van der Waals surface area (Å²) in [5, 5.41) is 0.382. The molecular weight excluding hydrogens is 257 g/mol. The number of allylic oxidation sites excluding steroid dienone is 4. The van der Waals surface area contributed by atoms with Gasteiger partial charge in [-0.2, -0.15) is 0 Å². The van der Waals surface area contributed by atoms with Crippen LogP contribution in [0.3, 0.4) is 0 Å². The van der Waals surface area contributed by atoms with E-state index in [9.17, 15) is 4.39 Å². The molecule has 0 N–H and O–H groups in total. The summed E-state index contributed by atoms with van der Waals surface area (Å²) >= 11 is 7.79. The molecule has 0 saturated carbocycles. The molecule has 2 aliphatic rings. The Kier molecular flexibility index (Phi) is 2.81. The van der Waals surface area contributed by atoms with Gasteiger partial charge in [-0.3, -0.25) is 0 Å². The van der Waals surface area contributed by atoms with E-state index < -0.39 is 0 Å². The molecule has 1 aliphatic carbocycles. The van der Waals surface area contributed by atoms with Crippen molar-refractivity contribution >= 4 is 34.2 Å². The zero-order valence-corrected chi connectivity index (χ0v) is 10.5. The van der Waals surface area contributed by atoms with Gasteiger partial charge < -0.3 is 0 Å². The molecule has 0 fully saturated rings. The average molecular weight is 266 g/mol. The lowest BCUT2D eigenvalue weighted by Crippen LogP contribution is -2.00. The molecule has 0 bridgehead atoms. The predicted molar refractivity (Wildman–Crippen MR) is 70.7 cm³/mol. The molecule has 17 heavy (non-hydrogen) atoms. The van der Waals surface area contributed by atoms with E-state index in [1.165, 1.54) is 6.08 Å². The van der Waals surface area contributed by atoms with Crippen molar-refractivity contribution in [2.24, 2.45) is 4.99 Å². The van der Waals surface area contributed by atoms with Gasteiger partial charge in [-0.15, -0.1) is 0 Å². The molecular formula is C13H9ClFNS. The molecule has 1 aliphatic heterocycles. The lowest BCUT2D eigenvalue weighted by molar-refractivity contribution is 0.585. The first-order valence-electron chi connectivity index (χ1n) is 5.35. The topological polar surface area (TPSA) is 12.4 Å². The minimum atomic E-state index is -0.122. The van der Waals surface area contributed by atoms with E-state index in [0.29, 0.717) is 18.0 Å². The highest BCUT2D eigenvalue weighted by atomic mass is 35.5. The van der Waals surface area contributed by atoms with Gasteiger partial charge >= 0.3 is 0 Å². The smallest absolute Gasteiger partial charge is 0.137 e. The van der Waals surface area contributed by atoms with E-state index in [-0.39, 0.29) is 5.83 Å². The van der Waals surface area contributed by atoms with Crippen molar-refractivity contribution in [3.8, 4) is 0 Å². The van der Waals surface area contributed by atoms with Crippen molar-refractivity contribution in [1.29, 1.82) is 0 Å². The third-order valence-corrected chi connectivity index (χ3v) is 4.26. The van der Waals surface area contributed by atoms with Gasteiger partial charge in [0.2, 0.25) is 0 Å². The molecule has 0 saturated heterocycles. The number of hydrogen-bond acceptors (Lipinski definition) is 2. The number of hydrogen-bond donors (Lipinski definition) is 0. The number of rotatable bonds is 0. The first-order chi connectivity index (χ1) is 8.24. The van der Waals surface area contributed by atoms with Crippen molar-refractivity contribution in [2.75, 3.05) is 0 Å². The Morgan fingerprint density at radius 2 is 2.06 bits per heavy atom. The van der Waals surface area contributed by atoms with Gasteiger partial charge in [0.25, 0.3) is 0 Å². The fourth-order valence-electron chi connectivity index (χ4n) is 1.89. The highest BCUT2D eigenvalue weighted by Gasteiger charge is 2.21. The van der Waals surface area contributed by atoms with Crippen LogP contribution in [0.2, 0.25) is 0 Å². The Bertz CT molecular complexity index is 575. The van der Waals surface area contributed by atoms with Crippen LogP contribution in [0.4, 0.5) is 10.1 Å². The third kappa shape index (κ3) is 2.05. The van der Waals surface area contributed by atoms with Crippen molar-refractivity contribution < 1.29 is 4.39 Å². The van der Waals surface area contributed by atoms with Gasteiger partial charge in [-0.05, 0) is 24.6 Å². The summed E-state index contributed by atoms with van der Waals surface area (Å²) < 4.78 is 13.3. The SMILES string of the molecule is FC1=CC2=C(CC1)Sc1ccccc1N=C2Cl. The monoisotopic (exact) mass is 265 g/mol. The van der Waals surface area contributed by atoms with Gasteiger partial charge in [-0.25, -0.2) is 9.38 Å². The summed E-state index contributed by atoms with van der Waals surface area (Å²) in [5.41, 5.74) is 1.59. The van der Waals surface area contributed by atoms with E-state index in [2.05, 4.69) is 4.99 Å². The molecule has 1 nitrogen and oxygen atoms in total. The molecule has 86 valence electrons. The standard InChI is InChI=1S/C13H9ClFNS/c14-13-9-7-8(15)5-6-11(9)17-12-4-2-1-3-10(12)16-13/h1-4,7H,5-6H2. The number of fused-ring (bicyclic) bond motifs is 1. The molecule has 0 radical (unpaired) electrons. The molecule has 0 aromatic heterocycles. The molecule has 0 unspecified atom stereocenters. The maximum Gasteiger partial charge on any atom is 0.137 e. The quantitative estimate of drug-likeness (QED) is 0.646. The maximum atomic E-state index is 13.3. The average Bonchev–Trinajstić information content (AvgIpc) is 2.46. The Labute approximate surface area is 108 Å². The van der Waals surface area contributed by atoms with Gasteiger partial charge in [0.05, 0.1) is 5.69 Å². The van der Waals surface area contributed by atoms with Gasteiger partial charge in [-0.1, -0.05) is 35.5 Å². The number of thioether (sulfide) groups is 1. The maximum absolute atomic E-state index is 13.3. The number of halogens is 2. The third-order valence-electron chi connectivity index (χ3n) is 2.73. The zero-order chi connectivity index (χ0) is 11.8. The normalized spacial score (nSPS) is 18.9.